The van der Waals surface area contributed by atoms with Crippen LogP contribution in [-0.4, -0.2) is 15.1 Å². The van der Waals surface area contributed by atoms with E-state index in [1.807, 2.05) is 24.3 Å². The number of halogens is 1. The molecule has 5 nitrogen and oxygen atoms in total. The average Bonchev–Trinajstić information content (AvgIpc) is 2.98. The number of nitrogen functional groups attached to an aromatic ring is 1. The van der Waals surface area contributed by atoms with E-state index in [1.165, 1.54) is 11.3 Å². The monoisotopic (exact) mass is 322 g/mol. The van der Waals surface area contributed by atoms with Crippen molar-refractivity contribution in [1.82, 2.24) is 15.1 Å². The second kappa shape index (κ2) is 4.51. The predicted molar refractivity (Wildman–Crippen MR) is 73.0 cm³/mol. The van der Waals surface area contributed by atoms with E-state index in [0.29, 0.717) is 16.8 Å². The molecule has 0 aliphatic rings. The molecule has 1 aromatic carbocycles. The molecule has 0 bridgehead atoms. The van der Waals surface area contributed by atoms with Crippen LogP contribution in [0, 0.1) is 0 Å². The number of hydrogen-bond donors (Lipinski definition) is 1. The van der Waals surface area contributed by atoms with Gasteiger partial charge in [0, 0.05) is 10.0 Å². The molecule has 7 heteroatoms. The number of nitrogens with zero attached hydrogens (tertiary/aromatic N) is 3. The molecule has 2 aromatic heterocycles. The highest BCUT2D eigenvalue weighted by molar-refractivity contribution is 9.10. The third-order valence-electron chi connectivity index (χ3n) is 2.28. The van der Waals surface area contributed by atoms with Gasteiger partial charge in [0.05, 0.1) is 6.20 Å². The maximum atomic E-state index is 5.57. The maximum absolute atomic E-state index is 5.57. The summed E-state index contributed by atoms with van der Waals surface area (Å²) in [5, 5.41) is 4.43. The van der Waals surface area contributed by atoms with Gasteiger partial charge in [0.2, 0.25) is 5.82 Å². The van der Waals surface area contributed by atoms with Crippen LogP contribution in [-0.2, 0) is 0 Å². The van der Waals surface area contributed by atoms with E-state index >= 15 is 0 Å². The Morgan fingerprint density at radius 1 is 1.28 bits per heavy atom. The van der Waals surface area contributed by atoms with Gasteiger partial charge in [-0.05, 0) is 12.1 Å². The maximum Gasteiger partial charge on any atom is 0.270 e. The zero-order chi connectivity index (χ0) is 12.5. The first-order chi connectivity index (χ1) is 8.74. The number of anilines is 1. The lowest BCUT2D eigenvalue weighted by Gasteiger charge is -1.96. The van der Waals surface area contributed by atoms with Gasteiger partial charge in [0.25, 0.3) is 5.89 Å². The van der Waals surface area contributed by atoms with E-state index in [2.05, 4.69) is 31.1 Å². The van der Waals surface area contributed by atoms with Crippen LogP contribution < -0.4 is 5.73 Å². The van der Waals surface area contributed by atoms with Crippen LogP contribution in [0.15, 0.2) is 39.5 Å². The Kier molecular flexibility index (Phi) is 2.85. The second-order valence-electron chi connectivity index (χ2n) is 3.47. The molecule has 0 aliphatic heterocycles. The number of hydrogen-bond acceptors (Lipinski definition) is 6. The number of nitrogens with two attached hydrogens (primary N) is 1. The van der Waals surface area contributed by atoms with Crippen LogP contribution in [0.4, 0.5) is 5.13 Å². The quantitative estimate of drug-likeness (QED) is 0.783. The van der Waals surface area contributed by atoms with E-state index in [-0.39, 0.29) is 0 Å². The molecule has 0 spiro atoms. The Bertz CT molecular complexity index is 694. The minimum Gasteiger partial charge on any atom is -0.375 e. The van der Waals surface area contributed by atoms with Crippen LogP contribution in [0.2, 0.25) is 0 Å². The van der Waals surface area contributed by atoms with Crippen molar-refractivity contribution < 1.29 is 4.52 Å². The molecule has 0 saturated carbocycles. The summed E-state index contributed by atoms with van der Waals surface area (Å²) >= 11 is 4.76. The van der Waals surface area contributed by atoms with E-state index in [9.17, 15) is 0 Å². The first-order valence-electron chi connectivity index (χ1n) is 5.04. The SMILES string of the molecule is Nc1ncc(-c2nc(-c3ccccc3Br)no2)s1. The van der Waals surface area contributed by atoms with Crippen molar-refractivity contribution in [2.75, 3.05) is 5.73 Å². The van der Waals surface area contributed by atoms with E-state index < -0.39 is 0 Å². The van der Waals surface area contributed by atoms with Crippen LogP contribution in [0.3, 0.4) is 0 Å². The average molecular weight is 323 g/mol. The van der Waals surface area contributed by atoms with Gasteiger partial charge in [-0.15, -0.1) is 0 Å². The van der Waals surface area contributed by atoms with Crippen molar-refractivity contribution >= 4 is 32.4 Å². The summed E-state index contributed by atoms with van der Waals surface area (Å²) in [4.78, 5) is 9.05. The molecule has 0 atom stereocenters. The fourth-order valence-corrected chi connectivity index (χ4v) is 2.53. The smallest absolute Gasteiger partial charge is 0.270 e. The molecule has 90 valence electrons. The standard InChI is InChI=1S/C11H7BrN4OS/c12-7-4-2-1-3-6(7)9-15-10(17-16-9)8-5-14-11(13)18-8/h1-5H,(H2,13,14). The Labute approximate surface area is 115 Å². The van der Waals surface area contributed by atoms with Crippen LogP contribution in [0.1, 0.15) is 0 Å². The lowest BCUT2D eigenvalue weighted by Crippen LogP contribution is -1.81. The molecule has 18 heavy (non-hydrogen) atoms. The van der Waals surface area contributed by atoms with E-state index in [4.69, 9.17) is 10.3 Å². The van der Waals surface area contributed by atoms with Gasteiger partial charge in [0.15, 0.2) is 5.13 Å². The highest BCUT2D eigenvalue weighted by Gasteiger charge is 2.14. The highest BCUT2D eigenvalue weighted by Crippen LogP contribution is 2.30. The zero-order valence-corrected chi connectivity index (χ0v) is 11.4. The van der Waals surface area contributed by atoms with Crippen molar-refractivity contribution in [1.29, 1.82) is 0 Å². The summed E-state index contributed by atoms with van der Waals surface area (Å²) < 4.78 is 6.12. The Morgan fingerprint density at radius 2 is 2.11 bits per heavy atom. The molecule has 0 fully saturated rings. The van der Waals surface area contributed by atoms with Crippen LogP contribution >= 0.6 is 27.3 Å². The predicted octanol–water partition coefficient (Wildman–Crippen LogP) is 3.20. The van der Waals surface area contributed by atoms with Crippen molar-refractivity contribution in [2.24, 2.45) is 0 Å². The molecule has 0 unspecified atom stereocenters. The molecule has 0 aliphatic carbocycles. The topological polar surface area (TPSA) is 77.8 Å². The first kappa shape index (κ1) is 11.4. The van der Waals surface area contributed by atoms with Gasteiger partial charge in [0.1, 0.15) is 4.88 Å². The molecule has 2 N–H and O–H groups in total. The van der Waals surface area contributed by atoms with E-state index in [0.717, 1.165) is 14.9 Å². The number of aromatic nitrogens is 3. The largest absolute Gasteiger partial charge is 0.375 e. The van der Waals surface area contributed by atoms with Crippen LogP contribution in [0.25, 0.3) is 22.2 Å². The molecule has 0 radical (unpaired) electrons. The lowest BCUT2D eigenvalue weighted by atomic mass is 10.2. The Hall–Kier alpha value is -1.73. The highest BCUT2D eigenvalue weighted by atomic mass is 79.9. The molecule has 2 heterocycles. The summed E-state index contributed by atoms with van der Waals surface area (Å²) in [7, 11) is 0. The van der Waals surface area contributed by atoms with Gasteiger partial charge in [-0.2, -0.15) is 4.98 Å². The Morgan fingerprint density at radius 3 is 2.83 bits per heavy atom. The summed E-state index contributed by atoms with van der Waals surface area (Å²) in [5.41, 5.74) is 6.45. The van der Waals surface area contributed by atoms with E-state index in [1.54, 1.807) is 6.20 Å². The molecular formula is C11H7BrN4OS. The fraction of sp³-hybridized carbons (Fsp3) is 0. The Balaban J connectivity index is 2.02. The summed E-state index contributed by atoms with van der Waals surface area (Å²) in [6, 6.07) is 7.69. The van der Waals surface area contributed by atoms with Gasteiger partial charge < -0.3 is 10.3 Å². The molecule has 3 rings (SSSR count). The van der Waals surface area contributed by atoms with Gasteiger partial charge in [-0.1, -0.05) is 44.6 Å². The summed E-state index contributed by atoms with van der Waals surface area (Å²) in [5.74, 6) is 0.958. The van der Waals surface area contributed by atoms with Gasteiger partial charge >= 0.3 is 0 Å². The summed E-state index contributed by atoms with van der Waals surface area (Å²) in [6.07, 6.45) is 1.62. The third-order valence-corrected chi connectivity index (χ3v) is 3.78. The zero-order valence-electron chi connectivity index (χ0n) is 9.00. The van der Waals surface area contributed by atoms with Crippen LogP contribution in [0.5, 0.6) is 0 Å². The van der Waals surface area contributed by atoms with Crippen molar-refractivity contribution in [3.05, 3.63) is 34.9 Å². The number of benzene rings is 1. The third kappa shape index (κ3) is 2.02. The lowest BCUT2D eigenvalue weighted by molar-refractivity contribution is 0.433. The van der Waals surface area contributed by atoms with Crippen molar-refractivity contribution in [3.63, 3.8) is 0 Å². The fourth-order valence-electron chi connectivity index (χ4n) is 1.46. The normalized spacial score (nSPS) is 10.7. The second-order valence-corrected chi connectivity index (χ2v) is 5.38. The molecular weight excluding hydrogens is 316 g/mol. The minimum atomic E-state index is 0.426. The number of rotatable bonds is 2. The molecule has 0 saturated heterocycles. The van der Waals surface area contributed by atoms with Gasteiger partial charge in [-0.25, -0.2) is 4.98 Å². The van der Waals surface area contributed by atoms with Crippen molar-refractivity contribution in [2.45, 2.75) is 0 Å². The van der Waals surface area contributed by atoms with Gasteiger partial charge in [-0.3, -0.25) is 0 Å². The summed E-state index contributed by atoms with van der Waals surface area (Å²) in [6.45, 7) is 0. The molecule has 0 amide bonds. The van der Waals surface area contributed by atoms with Crippen molar-refractivity contribution in [3.8, 4) is 22.2 Å². The first-order valence-corrected chi connectivity index (χ1v) is 6.65. The number of thiazole rings is 1. The minimum absolute atomic E-state index is 0.426. The molecule has 3 aromatic rings.